The Morgan fingerprint density at radius 1 is 1.19 bits per heavy atom. The van der Waals surface area contributed by atoms with Crippen LogP contribution in [0.25, 0.3) is 0 Å². The minimum Gasteiger partial charge on any atom is -0.203 e. The molecule has 0 aliphatic heterocycles. The van der Waals surface area contributed by atoms with Crippen molar-refractivity contribution in [1.29, 1.82) is 5.26 Å². The van der Waals surface area contributed by atoms with Crippen LogP contribution in [0.4, 0.5) is 8.78 Å². The van der Waals surface area contributed by atoms with Crippen molar-refractivity contribution < 1.29 is 8.78 Å². The molecule has 0 saturated heterocycles. The molecule has 3 heteroatoms. The number of rotatable bonds is 1. The fraction of sp³-hybridized carbons (Fsp3) is 0.462. The van der Waals surface area contributed by atoms with Crippen molar-refractivity contribution in [3.05, 3.63) is 34.9 Å². The molecule has 0 aliphatic rings. The van der Waals surface area contributed by atoms with Gasteiger partial charge in [0, 0.05) is 0 Å². The predicted molar refractivity (Wildman–Crippen MR) is 61.1 cm³/mol. The normalized spacial score (nSPS) is 9.38. The Kier molecular flexibility index (Phi) is 6.32. The Morgan fingerprint density at radius 3 is 2.06 bits per heavy atom. The Hall–Kier alpha value is -1.43. The highest BCUT2D eigenvalue weighted by Crippen LogP contribution is 2.22. The van der Waals surface area contributed by atoms with E-state index >= 15 is 0 Å². The van der Waals surface area contributed by atoms with Gasteiger partial charge in [-0.05, 0) is 17.5 Å². The lowest BCUT2D eigenvalue weighted by Gasteiger charge is -2.07. The molecular formula is C13H17F2N. The summed E-state index contributed by atoms with van der Waals surface area (Å²) in [7, 11) is 0. The summed E-state index contributed by atoms with van der Waals surface area (Å²) in [5.41, 5.74) is 0.0541. The summed E-state index contributed by atoms with van der Waals surface area (Å²) in [6.07, 6.45) is 1.25. The first-order valence-corrected chi connectivity index (χ1v) is 5.37. The van der Waals surface area contributed by atoms with E-state index in [-0.39, 0.29) is 11.5 Å². The van der Waals surface area contributed by atoms with Crippen molar-refractivity contribution in [3.8, 4) is 6.07 Å². The molecule has 1 nitrogen and oxygen atoms in total. The number of halogens is 2. The zero-order valence-electron chi connectivity index (χ0n) is 10.1. The molecular weight excluding hydrogens is 208 g/mol. The number of nitriles is 1. The van der Waals surface area contributed by atoms with E-state index < -0.39 is 11.6 Å². The largest absolute Gasteiger partial charge is 0.203 e. The summed E-state index contributed by atoms with van der Waals surface area (Å²) in [6.45, 7) is 7.79. The lowest BCUT2D eigenvalue weighted by Crippen LogP contribution is -1.98. The summed E-state index contributed by atoms with van der Waals surface area (Å²) < 4.78 is 26.2. The lowest BCUT2D eigenvalue weighted by atomic mass is 10.0. The molecule has 0 heterocycles. The van der Waals surface area contributed by atoms with Gasteiger partial charge in [-0.25, -0.2) is 8.78 Å². The fourth-order valence-electron chi connectivity index (χ4n) is 1.10. The maximum Gasteiger partial charge on any atom is 0.176 e. The van der Waals surface area contributed by atoms with Crippen LogP contribution in [0.15, 0.2) is 12.1 Å². The minimum absolute atomic E-state index is 0.0813. The number of hydrogen-bond donors (Lipinski definition) is 0. The lowest BCUT2D eigenvalue weighted by molar-refractivity contribution is 0.491. The van der Waals surface area contributed by atoms with Crippen molar-refractivity contribution in [2.75, 3.05) is 0 Å². The molecule has 0 N–H and O–H groups in total. The first-order valence-electron chi connectivity index (χ1n) is 5.37. The summed E-state index contributed by atoms with van der Waals surface area (Å²) in [5.74, 6) is -2.04. The molecule has 0 amide bonds. The molecule has 0 atom stereocenters. The molecule has 0 radical (unpaired) electrons. The van der Waals surface area contributed by atoms with Crippen LogP contribution >= 0.6 is 0 Å². The maximum atomic E-state index is 13.2. The van der Waals surface area contributed by atoms with E-state index in [1.165, 1.54) is 18.6 Å². The molecule has 88 valence electrons. The highest BCUT2D eigenvalue weighted by Gasteiger charge is 2.14. The number of nitrogens with zero attached hydrogens (tertiary/aromatic N) is 1. The van der Waals surface area contributed by atoms with Crippen molar-refractivity contribution in [1.82, 2.24) is 0 Å². The third kappa shape index (κ3) is 3.62. The molecule has 0 fully saturated rings. The van der Waals surface area contributed by atoms with Gasteiger partial charge in [-0.3, -0.25) is 0 Å². The monoisotopic (exact) mass is 225 g/mol. The quantitative estimate of drug-likeness (QED) is 0.696. The number of benzene rings is 1. The SMILES string of the molecule is CC(C)c1ccc(C#N)c(F)c1F.CCC. The molecule has 0 aliphatic carbocycles. The molecule has 0 unspecified atom stereocenters. The molecule has 1 rings (SSSR count). The van der Waals surface area contributed by atoms with E-state index in [9.17, 15) is 8.78 Å². The third-order valence-electron chi connectivity index (χ3n) is 1.85. The average Bonchev–Trinajstić information content (AvgIpc) is 2.22. The average molecular weight is 225 g/mol. The van der Waals surface area contributed by atoms with Crippen LogP contribution in [0.2, 0.25) is 0 Å². The standard InChI is InChI=1S/C10H9F2N.C3H8/c1-6(2)8-4-3-7(5-13)9(11)10(8)12;1-3-2/h3-4,6H,1-2H3;3H2,1-2H3. The van der Waals surface area contributed by atoms with E-state index in [2.05, 4.69) is 13.8 Å². The molecule has 16 heavy (non-hydrogen) atoms. The van der Waals surface area contributed by atoms with Crippen LogP contribution in [-0.4, -0.2) is 0 Å². The Morgan fingerprint density at radius 2 is 1.69 bits per heavy atom. The van der Waals surface area contributed by atoms with Gasteiger partial charge in [-0.2, -0.15) is 5.26 Å². The molecule has 0 aromatic heterocycles. The van der Waals surface area contributed by atoms with Crippen LogP contribution < -0.4 is 0 Å². The smallest absolute Gasteiger partial charge is 0.176 e. The summed E-state index contributed by atoms with van der Waals surface area (Å²) in [5, 5.41) is 8.42. The summed E-state index contributed by atoms with van der Waals surface area (Å²) in [4.78, 5) is 0. The van der Waals surface area contributed by atoms with Crippen molar-refractivity contribution in [2.45, 2.75) is 40.0 Å². The van der Waals surface area contributed by atoms with E-state index in [1.54, 1.807) is 19.9 Å². The first-order chi connectivity index (χ1) is 7.49. The highest BCUT2D eigenvalue weighted by molar-refractivity contribution is 5.35. The second-order valence-corrected chi connectivity index (χ2v) is 3.80. The number of hydrogen-bond acceptors (Lipinski definition) is 1. The molecule has 0 bridgehead atoms. The third-order valence-corrected chi connectivity index (χ3v) is 1.85. The second kappa shape index (κ2) is 6.95. The first kappa shape index (κ1) is 14.6. The van der Waals surface area contributed by atoms with E-state index in [0.29, 0.717) is 5.56 Å². The van der Waals surface area contributed by atoms with Gasteiger partial charge in [-0.1, -0.05) is 40.2 Å². The highest BCUT2D eigenvalue weighted by atomic mass is 19.2. The summed E-state index contributed by atoms with van der Waals surface area (Å²) in [6, 6.07) is 4.33. The minimum atomic E-state index is -1.05. The molecule has 0 spiro atoms. The topological polar surface area (TPSA) is 23.8 Å². The van der Waals surface area contributed by atoms with E-state index in [0.717, 1.165) is 0 Å². The molecule has 0 saturated carbocycles. The van der Waals surface area contributed by atoms with Crippen LogP contribution in [0.5, 0.6) is 0 Å². The predicted octanol–water partition coefficient (Wildman–Crippen LogP) is 4.38. The van der Waals surface area contributed by atoms with Crippen LogP contribution in [-0.2, 0) is 0 Å². The van der Waals surface area contributed by atoms with E-state index in [4.69, 9.17) is 5.26 Å². The zero-order valence-corrected chi connectivity index (χ0v) is 10.1. The Bertz CT molecular complexity index is 378. The van der Waals surface area contributed by atoms with Gasteiger partial charge in [0.05, 0.1) is 5.56 Å². The van der Waals surface area contributed by atoms with Gasteiger partial charge in [0.25, 0.3) is 0 Å². The molecule has 1 aromatic carbocycles. The van der Waals surface area contributed by atoms with E-state index in [1.807, 2.05) is 0 Å². The van der Waals surface area contributed by atoms with Crippen LogP contribution in [0.3, 0.4) is 0 Å². The van der Waals surface area contributed by atoms with Crippen LogP contribution in [0.1, 0.15) is 51.2 Å². The van der Waals surface area contributed by atoms with Crippen molar-refractivity contribution in [3.63, 3.8) is 0 Å². The van der Waals surface area contributed by atoms with Crippen LogP contribution in [0, 0.1) is 23.0 Å². The maximum absolute atomic E-state index is 13.2. The van der Waals surface area contributed by atoms with Crippen molar-refractivity contribution in [2.24, 2.45) is 0 Å². The Labute approximate surface area is 95.7 Å². The fourth-order valence-corrected chi connectivity index (χ4v) is 1.10. The van der Waals surface area contributed by atoms with Crippen molar-refractivity contribution >= 4 is 0 Å². The zero-order chi connectivity index (χ0) is 12.7. The van der Waals surface area contributed by atoms with Gasteiger partial charge in [0.15, 0.2) is 11.6 Å². The van der Waals surface area contributed by atoms with Gasteiger partial charge >= 0.3 is 0 Å². The van der Waals surface area contributed by atoms with Gasteiger partial charge in [0.1, 0.15) is 6.07 Å². The van der Waals surface area contributed by atoms with Gasteiger partial charge < -0.3 is 0 Å². The Balaban J connectivity index is 0.000000673. The van der Waals surface area contributed by atoms with Gasteiger partial charge in [-0.15, -0.1) is 0 Å². The molecule has 1 aromatic rings. The summed E-state index contributed by atoms with van der Waals surface area (Å²) >= 11 is 0. The van der Waals surface area contributed by atoms with Gasteiger partial charge in [0.2, 0.25) is 0 Å². The second-order valence-electron chi connectivity index (χ2n) is 3.80.